The Kier molecular flexibility index (Phi) is 9.34. The fourth-order valence-corrected chi connectivity index (χ4v) is 6.31. The molecule has 0 atom stereocenters. The summed E-state index contributed by atoms with van der Waals surface area (Å²) in [4.78, 5) is 9.09. The van der Waals surface area contributed by atoms with Crippen LogP contribution in [0.5, 0.6) is 0 Å². The van der Waals surface area contributed by atoms with Gasteiger partial charge in [-0.1, -0.05) is 118 Å². The second kappa shape index (κ2) is 14.1. The molecular weight excluding hydrogens is 757 g/mol. The molecule has 3 heterocycles. The zero-order valence-electron chi connectivity index (χ0n) is 28.8. The first-order chi connectivity index (χ1) is 22.6. The van der Waals surface area contributed by atoms with Crippen LogP contribution in [0.25, 0.3) is 55.6 Å². The van der Waals surface area contributed by atoms with Gasteiger partial charge in [-0.05, 0) is 45.8 Å². The maximum absolute atomic E-state index is 7.33. The van der Waals surface area contributed by atoms with Crippen molar-refractivity contribution in [1.29, 1.82) is 0 Å². The number of pyridine rings is 2. The van der Waals surface area contributed by atoms with Gasteiger partial charge >= 0.3 is 0 Å². The van der Waals surface area contributed by atoms with E-state index in [1.807, 2.05) is 36.7 Å². The molecule has 0 unspecified atom stereocenters. The number of aromatic nitrogens is 2. The summed E-state index contributed by atoms with van der Waals surface area (Å²) in [5.41, 5.74) is 9.59. The molecule has 0 aliphatic heterocycles. The summed E-state index contributed by atoms with van der Waals surface area (Å²) in [5, 5.41) is 3.55. The molecule has 0 saturated heterocycles. The van der Waals surface area contributed by atoms with Crippen molar-refractivity contribution in [2.75, 3.05) is 0 Å². The van der Waals surface area contributed by atoms with Crippen LogP contribution in [-0.2, 0) is 20.1 Å². The number of aryl methyl sites for hydroxylation is 1. The standard InChI is InChI=1S/C26H20NO.C15H18NSi.Ir/c1-17(2)19-13-14-27-24(15-19)23-10-6-9-22-21-12-11-20(16-25(21)28-26(22)23)18-7-4-3-5-8-18;1-12-5-7-13(8-6-12)15-10-9-14(11-16-15)17(2,3)4;/h3-9,11-17H,1-2H3;5-7,9-11H,1-4H3;/q2*-1;/i;1D2;. The van der Waals surface area contributed by atoms with Crippen LogP contribution in [0.3, 0.4) is 0 Å². The summed E-state index contributed by atoms with van der Waals surface area (Å²) >= 11 is 0. The molecule has 7 rings (SSSR count). The Hall–Kier alpha value is -4.15. The smallest absolute Gasteiger partial charge is 0.121 e. The summed E-state index contributed by atoms with van der Waals surface area (Å²) < 4.78 is 21.0. The zero-order valence-corrected chi connectivity index (χ0v) is 30.2. The van der Waals surface area contributed by atoms with Crippen LogP contribution < -0.4 is 5.19 Å². The van der Waals surface area contributed by atoms with Crippen molar-refractivity contribution in [3.63, 3.8) is 0 Å². The molecule has 3 nitrogen and oxygen atoms in total. The quantitative estimate of drug-likeness (QED) is 0.129. The van der Waals surface area contributed by atoms with E-state index in [-0.39, 0.29) is 20.1 Å². The number of nitrogens with zero attached hydrogens (tertiary/aromatic N) is 2. The molecule has 3 aromatic heterocycles. The van der Waals surface area contributed by atoms with E-state index >= 15 is 0 Å². The van der Waals surface area contributed by atoms with Gasteiger partial charge in [-0.15, -0.1) is 53.6 Å². The largest absolute Gasteiger partial charge is 0.501 e. The van der Waals surface area contributed by atoms with E-state index in [4.69, 9.17) is 7.16 Å². The number of benzene rings is 4. The van der Waals surface area contributed by atoms with Crippen molar-refractivity contribution in [1.82, 2.24) is 9.97 Å². The summed E-state index contributed by atoms with van der Waals surface area (Å²) in [6.45, 7) is 10.3. The topological polar surface area (TPSA) is 38.9 Å². The Labute approximate surface area is 289 Å². The number of hydrogen-bond donors (Lipinski definition) is 0. The predicted molar refractivity (Wildman–Crippen MR) is 192 cm³/mol. The zero-order chi connectivity index (χ0) is 33.1. The molecule has 0 aliphatic carbocycles. The summed E-state index contributed by atoms with van der Waals surface area (Å²) in [7, 11) is -1.30. The third-order valence-electron chi connectivity index (χ3n) is 7.99. The van der Waals surface area contributed by atoms with Gasteiger partial charge in [0.05, 0.1) is 13.7 Å². The molecule has 4 aromatic carbocycles. The molecule has 5 heteroatoms. The van der Waals surface area contributed by atoms with Gasteiger partial charge in [-0.3, -0.25) is 0 Å². The summed E-state index contributed by atoms with van der Waals surface area (Å²) in [6, 6.07) is 41.0. The maximum Gasteiger partial charge on any atom is 0.121 e. The summed E-state index contributed by atoms with van der Waals surface area (Å²) in [5.74, 6) is 0.449. The van der Waals surface area contributed by atoms with E-state index in [2.05, 4.69) is 122 Å². The number of rotatable bonds is 5. The van der Waals surface area contributed by atoms with Crippen LogP contribution in [-0.4, -0.2) is 18.0 Å². The van der Waals surface area contributed by atoms with Gasteiger partial charge in [0.2, 0.25) is 0 Å². The Bertz CT molecular complexity index is 2120. The van der Waals surface area contributed by atoms with Crippen molar-refractivity contribution in [2.24, 2.45) is 0 Å². The van der Waals surface area contributed by atoms with Gasteiger partial charge in [-0.25, -0.2) is 0 Å². The van der Waals surface area contributed by atoms with Crippen molar-refractivity contribution in [3.8, 4) is 33.6 Å². The minimum Gasteiger partial charge on any atom is -0.501 e. The molecule has 0 spiro atoms. The van der Waals surface area contributed by atoms with Crippen LogP contribution >= 0.6 is 0 Å². The summed E-state index contributed by atoms with van der Waals surface area (Å²) in [6.07, 6.45) is 3.83. The van der Waals surface area contributed by atoms with Crippen molar-refractivity contribution >= 4 is 35.2 Å². The third-order valence-corrected chi connectivity index (χ3v) is 10.0. The minimum atomic E-state index is -1.30. The third kappa shape index (κ3) is 7.29. The fourth-order valence-electron chi connectivity index (χ4n) is 5.28. The van der Waals surface area contributed by atoms with E-state index in [9.17, 15) is 0 Å². The molecule has 1 radical (unpaired) electrons. The van der Waals surface area contributed by atoms with Crippen LogP contribution in [0.2, 0.25) is 19.6 Å². The van der Waals surface area contributed by atoms with Crippen LogP contribution in [0.15, 0.2) is 120 Å². The molecule has 7 aromatic rings. The van der Waals surface area contributed by atoms with E-state index in [0.717, 1.165) is 50.0 Å². The molecule has 0 amide bonds. The number of hydrogen-bond acceptors (Lipinski definition) is 3. The monoisotopic (exact) mass is 797 g/mol. The van der Waals surface area contributed by atoms with Crippen LogP contribution in [0.4, 0.5) is 0 Å². The van der Waals surface area contributed by atoms with Crippen molar-refractivity contribution in [2.45, 2.75) is 46.3 Å². The van der Waals surface area contributed by atoms with Gasteiger partial charge in [-0.2, -0.15) is 0 Å². The Morgan fingerprint density at radius 2 is 1.61 bits per heavy atom. The Morgan fingerprint density at radius 1 is 0.783 bits per heavy atom. The average molecular weight is 797 g/mol. The van der Waals surface area contributed by atoms with Gasteiger partial charge in [0.25, 0.3) is 0 Å². The second-order valence-electron chi connectivity index (χ2n) is 12.6. The molecule has 0 N–H and O–H groups in total. The molecule has 46 heavy (non-hydrogen) atoms. The first-order valence-electron chi connectivity index (χ1n) is 16.5. The predicted octanol–water partition coefficient (Wildman–Crippen LogP) is 10.6. The maximum atomic E-state index is 7.33. The van der Waals surface area contributed by atoms with Gasteiger partial charge in [0.15, 0.2) is 0 Å². The van der Waals surface area contributed by atoms with Gasteiger partial charge < -0.3 is 14.4 Å². The average Bonchev–Trinajstić information content (AvgIpc) is 3.47. The molecule has 0 saturated carbocycles. The first kappa shape index (κ1) is 30.5. The number of furan rings is 1. The fraction of sp³-hybridized carbons (Fsp3) is 0.171. The SMILES string of the molecule is CC(C)c1ccnc(-c2[c-]ccc3c2oc2cc(-c4ccccc4)ccc23)c1.[2H]C([2H])c1c[c-]c(-c2ccc([Si](C)(C)C)cn2)cc1.[Ir]. The van der Waals surface area contributed by atoms with E-state index in [0.29, 0.717) is 11.5 Å². The minimum absolute atomic E-state index is 0. The van der Waals surface area contributed by atoms with Crippen LogP contribution in [0.1, 0.15) is 33.6 Å². The first-order valence-corrected chi connectivity index (χ1v) is 18.8. The Morgan fingerprint density at radius 3 is 2.28 bits per heavy atom. The van der Waals surface area contributed by atoms with Crippen molar-refractivity contribution < 1.29 is 27.3 Å². The normalized spacial score (nSPS) is 12.0. The molecule has 0 fully saturated rings. The Balaban J connectivity index is 0.000000198. The molecule has 0 aliphatic rings. The molecule has 0 bridgehead atoms. The molecule has 233 valence electrons. The van der Waals surface area contributed by atoms with Gasteiger partial charge in [0, 0.05) is 40.6 Å². The van der Waals surface area contributed by atoms with Crippen LogP contribution in [0, 0.1) is 19.0 Å². The second-order valence-corrected chi connectivity index (χ2v) is 17.7. The van der Waals surface area contributed by atoms with Gasteiger partial charge in [0.1, 0.15) is 5.58 Å². The van der Waals surface area contributed by atoms with E-state index < -0.39 is 14.9 Å². The van der Waals surface area contributed by atoms with E-state index in [1.54, 1.807) is 12.1 Å². The molecular formula is C41H38IrN2OSi-2. The number of fused-ring (bicyclic) bond motifs is 3. The van der Waals surface area contributed by atoms with E-state index in [1.165, 1.54) is 16.3 Å². The van der Waals surface area contributed by atoms with Crippen molar-refractivity contribution in [3.05, 3.63) is 139 Å².